The van der Waals surface area contributed by atoms with Crippen molar-refractivity contribution in [1.82, 2.24) is 9.88 Å². The number of carbonyl (C=O) groups excluding carboxylic acids is 2. The monoisotopic (exact) mass is 357 g/mol. The lowest BCUT2D eigenvalue weighted by molar-refractivity contribution is -0.153. The minimum absolute atomic E-state index is 0.110. The van der Waals surface area contributed by atoms with E-state index in [1.165, 1.54) is 30.4 Å². The Hall–Kier alpha value is -2.54. The van der Waals surface area contributed by atoms with Gasteiger partial charge >= 0.3 is 0 Å². The summed E-state index contributed by atoms with van der Waals surface area (Å²) in [6.45, 7) is 3.82. The molecule has 0 aliphatic carbocycles. The minimum Gasteiger partial charge on any atom is -0.328 e. The van der Waals surface area contributed by atoms with E-state index >= 15 is 0 Å². The van der Waals surface area contributed by atoms with Crippen LogP contribution in [-0.2, 0) is 9.59 Å². The fourth-order valence-electron chi connectivity index (χ4n) is 3.27. The summed E-state index contributed by atoms with van der Waals surface area (Å²) >= 11 is 1.35. The van der Waals surface area contributed by atoms with Crippen molar-refractivity contribution < 1.29 is 14.0 Å². The van der Waals surface area contributed by atoms with Crippen molar-refractivity contribution in [2.45, 2.75) is 25.8 Å². The number of nitrogens with zero attached hydrogens (tertiary/aromatic N) is 2. The lowest BCUT2D eigenvalue weighted by Crippen LogP contribution is -2.65. The van der Waals surface area contributed by atoms with Crippen molar-refractivity contribution in [3.8, 4) is 0 Å². The summed E-state index contributed by atoms with van der Waals surface area (Å²) in [6.07, 6.45) is 0.630. The van der Waals surface area contributed by atoms with Crippen LogP contribution in [0.2, 0.25) is 0 Å². The van der Waals surface area contributed by atoms with Gasteiger partial charge in [0.2, 0.25) is 5.91 Å². The first-order valence-electron chi connectivity index (χ1n) is 7.97. The predicted molar refractivity (Wildman–Crippen MR) is 96.1 cm³/mol. The van der Waals surface area contributed by atoms with E-state index < -0.39 is 5.54 Å². The lowest BCUT2D eigenvalue weighted by Gasteiger charge is -2.48. The molecular formula is C18H16FN3O2S. The summed E-state index contributed by atoms with van der Waals surface area (Å²) < 4.78 is 14.3. The second kappa shape index (κ2) is 5.49. The maximum absolute atomic E-state index is 13.4. The van der Waals surface area contributed by atoms with Gasteiger partial charge in [-0.1, -0.05) is 17.4 Å². The van der Waals surface area contributed by atoms with Crippen molar-refractivity contribution in [1.29, 1.82) is 0 Å². The Kier molecular flexibility index (Phi) is 3.50. The molecule has 5 nitrogen and oxygen atoms in total. The number of fused-ring (bicyclic) bond motifs is 3. The third kappa shape index (κ3) is 2.46. The molecule has 0 bridgehead atoms. The first-order chi connectivity index (χ1) is 11.9. The smallest absolute Gasteiger partial charge is 0.251 e. The number of hydrogen-bond acceptors (Lipinski definition) is 4. The first-order valence-corrected chi connectivity index (χ1v) is 8.78. The van der Waals surface area contributed by atoms with Gasteiger partial charge in [0.1, 0.15) is 11.4 Å². The van der Waals surface area contributed by atoms with E-state index in [0.29, 0.717) is 18.1 Å². The molecule has 1 aliphatic rings. The van der Waals surface area contributed by atoms with Gasteiger partial charge in [-0.15, -0.1) is 0 Å². The summed E-state index contributed by atoms with van der Waals surface area (Å²) in [7, 11) is 0. The molecule has 2 amide bonds. The number of hydrogen-bond donors (Lipinski definition) is 1. The number of rotatable bonds is 2. The molecule has 0 unspecified atom stereocenters. The summed E-state index contributed by atoms with van der Waals surface area (Å²) in [4.78, 5) is 30.3. The van der Waals surface area contributed by atoms with Crippen LogP contribution in [0.5, 0.6) is 0 Å². The van der Waals surface area contributed by atoms with Gasteiger partial charge in [-0.05, 0) is 43.0 Å². The van der Waals surface area contributed by atoms with Crippen LogP contribution < -0.4 is 5.32 Å². The number of amides is 2. The Balaban J connectivity index is 1.67. The summed E-state index contributed by atoms with van der Waals surface area (Å²) in [6, 6.07) is 8.25. The van der Waals surface area contributed by atoms with E-state index in [1.54, 1.807) is 17.9 Å². The minimum atomic E-state index is -0.825. The number of thiazole rings is 1. The van der Waals surface area contributed by atoms with Crippen LogP contribution in [0.3, 0.4) is 0 Å². The van der Waals surface area contributed by atoms with Crippen molar-refractivity contribution in [3.05, 3.63) is 36.1 Å². The quantitative estimate of drug-likeness (QED) is 0.763. The highest BCUT2D eigenvalue weighted by Gasteiger charge is 2.48. The summed E-state index contributed by atoms with van der Waals surface area (Å²) in [5, 5.41) is 5.01. The molecule has 7 heteroatoms. The van der Waals surface area contributed by atoms with Gasteiger partial charge in [-0.3, -0.25) is 14.9 Å². The molecule has 3 aromatic rings. The molecule has 1 atom stereocenters. The molecule has 1 fully saturated rings. The number of halogens is 1. The van der Waals surface area contributed by atoms with E-state index in [4.69, 9.17) is 0 Å². The Morgan fingerprint density at radius 2 is 2.12 bits per heavy atom. The summed E-state index contributed by atoms with van der Waals surface area (Å²) in [5.74, 6) is -0.628. The van der Waals surface area contributed by atoms with Crippen LogP contribution in [0, 0.1) is 5.82 Å². The third-order valence-corrected chi connectivity index (χ3v) is 5.86. The molecule has 0 spiro atoms. The Morgan fingerprint density at radius 1 is 1.32 bits per heavy atom. The van der Waals surface area contributed by atoms with Crippen LogP contribution in [0.15, 0.2) is 30.3 Å². The van der Waals surface area contributed by atoms with Gasteiger partial charge in [0.05, 0.1) is 10.2 Å². The molecule has 128 valence electrons. The Labute approximate surface area is 147 Å². The number of benzene rings is 2. The van der Waals surface area contributed by atoms with E-state index in [-0.39, 0.29) is 17.6 Å². The number of anilines is 1. The van der Waals surface area contributed by atoms with Crippen molar-refractivity contribution in [2.75, 3.05) is 11.9 Å². The SMILES string of the molecule is CC(=O)N1CC[C@]1(C)C(=O)Nc1nc2ccc3cc(F)ccc3c2s1. The molecule has 1 aromatic heterocycles. The molecule has 25 heavy (non-hydrogen) atoms. The predicted octanol–water partition coefficient (Wildman–Crippen LogP) is 3.54. The molecule has 1 aliphatic heterocycles. The zero-order chi connectivity index (χ0) is 17.8. The van der Waals surface area contributed by atoms with Crippen LogP contribution in [0.1, 0.15) is 20.3 Å². The van der Waals surface area contributed by atoms with Gasteiger partial charge < -0.3 is 4.90 Å². The fourth-order valence-corrected chi connectivity index (χ4v) is 4.27. The molecule has 0 saturated carbocycles. The Bertz CT molecular complexity index is 1030. The van der Waals surface area contributed by atoms with E-state index in [9.17, 15) is 14.0 Å². The van der Waals surface area contributed by atoms with Crippen LogP contribution >= 0.6 is 11.3 Å². The van der Waals surface area contributed by atoms with Crippen LogP contribution in [-0.4, -0.2) is 33.8 Å². The first kappa shape index (κ1) is 16.0. The van der Waals surface area contributed by atoms with Crippen LogP contribution in [0.25, 0.3) is 21.0 Å². The third-order valence-electron chi connectivity index (χ3n) is 4.84. The molecule has 0 radical (unpaired) electrons. The highest BCUT2D eigenvalue weighted by molar-refractivity contribution is 7.23. The molecule has 2 heterocycles. The van der Waals surface area contributed by atoms with Crippen molar-refractivity contribution >= 4 is 49.3 Å². The fraction of sp³-hybridized carbons (Fsp3) is 0.278. The Morgan fingerprint density at radius 3 is 2.80 bits per heavy atom. The highest BCUT2D eigenvalue weighted by atomic mass is 32.1. The highest BCUT2D eigenvalue weighted by Crippen LogP contribution is 2.35. The number of aromatic nitrogens is 1. The average molecular weight is 357 g/mol. The number of likely N-dealkylation sites (tertiary alicyclic amines) is 1. The van der Waals surface area contributed by atoms with E-state index in [2.05, 4.69) is 10.3 Å². The lowest BCUT2D eigenvalue weighted by atomic mass is 9.85. The van der Waals surface area contributed by atoms with Gasteiger partial charge in [-0.2, -0.15) is 0 Å². The topological polar surface area (TPSA) is 62.3 Å². The van der Waals surface area contributed by atoms with Gasteiger partial charge in [0.15, 0.2) is 5.13 Å². The van der Waals surface area contributed by atoms with Gasteiger partial charge in [0, 0.05) is 18.9 Å². The maximum atomic E-state index is 13.4. The van der Waals surface area contributed by atoms with Crippen molar-refractivity contribution in [3.63, 3.8) is 0 Å². The normalized spacial score (nSPS) is 19.9. The maximum Gasteiger partial charge on any atom is 0.251 e. The molecule has 2 aromatic carbocycles. The number of nitrogens with one attached hydrogen (secondary N) is 1. The van der Waals surface area contributed by atoms with E-state index in [0.717, 1.165) is 21.0 Å². The standard InChI is InChI=1S/C18H16FN3O2S/c1-10(23)22-8-7-18(22,2)16(24)21-17-20-14-6-3-11-9-12(19)4-5-13(11)15(14)25-17/h3-6,9H,7-8H2,1-2H3,(H,20,21,24)/t18-/m1/s1. The molecule has 1 saturated heterocycles. The molecule has 4 rings (SSSR count). The number of carbonyl (C=O) groups is 2. The second-order valence-corrected chi connectivity index (χ2v) is 7.45. The van der Waals surface area contributed by atoms with Crippen LogP contribution in [0.4, 0.5) is 9.52 Å². The molecule has 1 N–H and O–H groups in total. The second-order valence-electron chi connectivity index (χ2n) is 6.45. The van der Waals surface area contributed by atoms with Gasteiger partial charge in [0.25, 0.3) is 5.91 Å². The summed E-state index contributed by atoms with van der Waals surface area (Å²) in [5.41, 5.74) is -0.0730. The van der Waals surface area contributed by atoms with E-state index in [1.807, 2.05) is 12.1 Å². The van der Waals surface area contributed by atoms with Crippen molar-refractivity contribution in [2.24, 2.45) is 0 Å². The zero-order valence-electron chi connectivity index (χ0n) is 13.8. The average Bonchev–Trinajstić information content (AvgIpc) is 2.94. The largest absolute Gasteiger partial charge is 0.328 e. The molecular weight excluding hydrogens is 341 g/mol. The zero-order valence-corrected chi connectivity index (χ0v) is 14.6. The van der Waals surface area contributed by atoms with Gasteiger partial charge in [-0.25, -0.2) is 9.37 Å².